The van der Waals surface area contributed by atoms with Gasteiger partial charge in [0.15, 0.2) is 11.5 Å². The Labute approximate surface area is 177 Å². The Morgan fingerprint density at radius 2 is 1.73 bits per heavy atom. The Balaban J connectivity index is 1.62. The zero-order chi connectivity index (χ0) is 21.6. The van der Waals surface area contributed by atoms with E-state index < -0.39 is 10.0 Å². The van der Waals surface area contributed by atoms with Gasteiger partial charge in [0, 0.05) is 23.4 Å². The fourth-order valence-corrected chi connectivity index (χ4v) is 4.25. The van der Waals surface area contributed by atoms with Crippen molar-refractivity contribution in [1.82, 2.24) is 5.32 Å². The number of anilines is 1. The maximum Gasteiger partial charge on any atom is 0.262 e. The van der Waals surface area contributed by atoms with E-state index in [1.807, 2.05) is 6.92 Å². The minimum Gasteiger partial charge on any atom is -0.486 e. The van der Waals surface area contributed by atoms with Gasteiger partial charge in [0.25, 0.3) is 15.9 Å². The molecule has 0 aromatic heterocycles. The molecule has 162 valence electrons. The summed E-state index contributed by atoms with van der Waals surface area (Å²) in [6, 6.07) is 11.0. The Kier molecular flexibility index (Phi) is 7.20. The standard InChI is InChI=1S/C22H28N2O5S/c1-3-4-5-6-16(2)23-22(25)17-7-9-18(10-8-17)24-30(26,27)19-11-12-20-21(15-19)29-14-13-28-20/h7-12,15-16,24H,3-6,13-14H2,1-2H3,(H,23,25). The third kappa shape index (κ3) is 5.66. The normalized spacial score (nSPS) is 14.1. The Morgan fingerprint density at radius 1 is 1.03 bits per heavy atom. The number of ether oxygens (including phenoxy) is 2. The van der Waals surface area contributed by atoms with Crippen LogP contribution in [0.25, 0.3) is 0 Å². The molecule has 0 saturated heterocycles. The Morgan fingerprint density at radius 3 is 2.43 bits per heavy atom. The predicted molar refractivity (Wildman–Crippen MR) is 116 cm³/mol. The minimum atomic E-state index is -3.80. The van der Waals surface area contributed by atoms with E-state index >= 15 is 0 Å². The van der Waals surface area contributed by atoms with Gasteiger partial charge in [-0.3, -0.25) is 9.52 Å². The monoisotopic (exact) mass is 432 g/mol. The van der Waals surface area contributed by atoms with Gasteiger partial charge in [0.1, 0.15) is 13.2 Å². The van der Waals surface area contributed by atoms with Crippen LogP contribution in [0.3, 0.4) is 0 Å². The van der Waals surface area contributed by atoms with E-state index in [1.54, 1.807) is 30.3 Å². The number of fused-ring (bicyclic) bond motifs is 1. The molecular weight excluding hydrogens is 404 g/mol. The lowest BCUT2D eigenvalue weighted by atomic mass is 10.1. The maximum atomic E-state index is 12.7. The van der Waals surface area contributed by atoms with E-state index in [1.165, 1.54) is 12.1 Å². The topological polar surface area (TPSA) is 93.7 Å². The van der Waals surface area contributed by atoms with Crippen LogP contribution in [0.15, 0.2) is 47.4 Å². The summed E-state index contributed by atoms with van der Waals surface area (Å²) in [5.74, 6) is 0.768. The number of rotatable bonds is 9. The Bertz CT molecular complexity index is 974. The maximum absolute atomic E-state index is 12.7. The van der Waals surface area contributed by atoms with Crippen LogP contribution in [0.1, 0.15) is 49.9 Å². The van der Waals surface area contributed by atoms with Crippen LogP contribution < -0.4 is 19.5 Å². The summed E-state index contributed by atoms with van der Waals surface area (Å²) in [5.41, 5.74) is 0.858. The first-order chi connectivity index (χ1) is 14.4. The lowest BCUT2D eigenvalue weighted by molar-refractivity contribution is 0.0938. The molecule has 8 heteroatoms. The van der Waals surface area contributed by atoms with Crippen LogP contribution in [-0.2, 0) is 10.0 Å². The number of carbonyl (C=O) groups excluding carboxylic acids is 1. The summed E-state index contributed by atoms with van der Waals surface area (Å²) in [5, 5.41) is 2.97. The molecule has 2 aromatic rings. The molecule has 30 heavy (non-hydrogen) atoms. The number of sulfonamides is 1. The van der Waals surface area contributed by atoms with Gasteiger partial charge in [-0.2, -0.15) is 0 Å². The number of hydrogen-bond donors (Lipinski definition) is 2. The minimum absolute atomic E-state index is 0.0782. The molecular formula is C22H28N2O5S. The summed E-state index contributed by atoms with van der Waals surface area (Å²) in [4.78, 5) is 12.4. The average Bonchev–Trinajstić information content (AvgIpc) is 2.73. The molecule has 0 radical (unpaired) electrons. The predicted octanol–water partition coefficient (Wildman–Crippen LogP) is 3.96. The third-order valence-corrected chi connectivity index (χ3v) is 6.22. The van der Waals surface area contributed by atoms with E-state index in [4.69, 9.17) is 9.47 Å². The molecule has 0 spiro atoms. The molecule has 1 amide bonds. The quantitative estimate of drug-likeness (QED) is 0.585. The van der Waals surface area contributed by atoms with Gasteiger partial charge in [-0.1, -0.05) is 26.2 Å². The molecule has 1 heterocycles. The number of hydrogen-bond acceptors (Lipinski definition) is 5. The van der Waals surface area contributed by atoms with Gasteiger partial charge < -0.3 is 14.8 Å². The van der Waals surface area contributed by atoms with Crippen molar-refractivity contribution in [2.45, 2.75) is 50.5 Å². The third-order valence-electron chi connectivity index (χ3n) is 4.84. The summed E-state index contributed by atoms with van der Waals surface area (Å²) in [6.45, 7) is 4.95. The van der Waals surface area contributed by atoms with E-state index in [2.05, 4.69) is 17.0 Å². The number of carbonyl (C=O) groups is 1. The van der Waals surface area contributed by atoms with Gasteiger partial charge >= 0.3 is 0 Å². The van der Waals surface area contributed by atoms with Crippen molar-refractivity contribution >= 4 is 21.6 Å². The SMILES string of the molecule is CCCCCC(C)NC(=O)c1ccc(NS(=O)(=O)c2ccc3c(c2)OCCO3)cc1. The molecule has 0 fully saturated rings. The number of nitrogens with one attached hydrogen (secondary N) is 2. The van der Waals surface area contributed by atoms with E-state index in [0.29, 0.717) is 36.0 Å². The van der Waals surface area contributed by atoms with Crippen LogP contribution in [0.2, 0.25) is 0 Å². The summed E-state index contributed by atoms with van der Waals surface area (Å²) >= 11 is 0. The smallest absolute Gasteiger partial charge is 0.262 e. The molecule has 0 saturated carbocycles. The highest BCUT2D eigenvalue weighted by atomic mass is 32.2. The molecule has 1 aliphatic heterocycles. The number of amides is 1. The molecule has 3 rings (SSSR count). The first-order valence-corrected chi connectivity index (χ1v) is 11.7. The highest BCUT2D eigenvalue weighted by molar-refractivity contribution is 7.92. The van der Waals surface area contributed by atoms with E-state index in [9.17, 15) is 13.2 Å². The fraction of sp³-hybridized carbons (Fsp3) is 0.409. The zero-order valence-electron chi connectivity index (χ0n) is 17.3. The van der Waals surface area contributed by atoms with Crippen LogP contribution in [-0.4, -0.2) is 33.6 Å². The highest BCUT2D eigenvalue weighted by Crippen LogP contribution is 2.32. The van der Waals surface area contributed by atoms with Crippen molar-refractivity contribution in [2.24, 2.45) is 0 Å². The second kappa shape index (κ2) is 9.84. The van der Waals surface area contributed by atoms with Crippen LogP contribution >= 0.6 is 0 Å². The van der Waals surface area contributed by atoms with E-state index in [0.717, 1.165) is 25.7 Å². The fourth-order valence-electron chi connectivity index (χ4n) is 3.17. The first kappa shape index (κ1) is 22.0. The molecule has 2 aromatic carbocycles. The van der Waals surface area contributed by atoms with Gasteiger partial charge in [-0.05, 0) is 49.7 Å². The van der Waals surface area contributed by atoms with Crippen LogP contribution in [0.5, 0.6) is 11.5 Å². The van der Waals surface area contributed by atoms with Crippen molar-refractivity contribution in [2.75, 3.05) is 17.9 Å². The summed E-state index contributed by atoms with van der Waals surface area (Å²) in [6.07, 6.45) is 4.31. The first-order valence-electron chi connectivity index (χ1n) is 10.2. The second-order valence-corrected chi connectivity index (χ2v) is 9.04. The molecule has 1 atom stereocenters. The summed E-state index contributed by atoms with van der Waals surface area (Å²) < 4.78 is 38.8. The van der Waals surface area contributed by atoms with Crippen LogP contribution in [0.4, 0.5) is 5.69 Å². The van der Waals surface area contributed by atoms with Gasteiger partial charge in [0.2, 0.25) is 0 Å². The van der Waals surface area contributed by atoms with Crippen molar-refractivity contribution in [3.63, 3.8) is 0 Å². The molecule has 1 aliphatic rings. The molecule has 0 bridgehead atoms. The summed E-state index contributed by atoms with van der Waals surface area (Å²) in [7, 11) is -3.80. The molecule has 1 unspecified atom stereocenters. The molecule has 0 aliphatic carbocycles. The average molecular weight is 433 g/mol. The van der Waals surface area contributed by atoms with Crippen molar-refractivity contribution < 1.29 is 22.7 Å². The van der Waals surface area contributed by atoms with Crippen LogP contribution in [0, 0.1) is 0 Å². The lowest BCUT2D eigenvalue weighted by Crippen LogP contribution is -2.32. The largest absolute Gasteiger partial charge is 0.486 e. The van der Waals surface area contributed by atoms with Crippen molar-refractivity contribution in [1.29, 1.82) is 0 Å². The lowest BCUT2D eigenvalue weighted by Gasteiger charge is -2.19. The zero-order valence-corrected chi connectivity index (χ0v) is 18.1. The number of benzene rings is 2. The van der Waals surface area contributed by atoms with Gasteiger partial charge in [-0.15, -0.1) is 0 Å². The van der Waals surface area contributed by atoms with Gasteiger partial charge in [-0.25, -0.2) is 8.42 Å². The second-order valence-electron chi connectivity index (χ2n) is 7.36. The highest BCUT2D eigenvalue weighted by Gasteiger charge is 2.20. The molecule has 7 nitrogen and oxygen atoms in total. The van der Waals surface area contributed by atoms with Crippen molar-refractivity contribution in [3.05, 3.63) is 48.0 Å². The van der Waals surface area contributed by atoms with E-state index in [-0.39, 0.29) is 16.8 Å². The number of unbranched alkanes of at least 4 members (excludes halogenated alkanes) is 2. The van der Waals surface area contributed by atoms with Gasteiger partial charge in [0.05, 0.1) is 4.90 Å². The van der Waals surface area contributed by atoms with Crippen molar-refractivity contribution in [3.8, 4) is 11.5 Å². The Hall–Kier alpha value is -2.74. The molecule has 2 N–H and O–H groups in total.